The molecule has 0 aliphatic heterocycles. The van der Waals surface area contributed by atoms with Gasteiger partial charge >= 0.3 is 13.8 Å². The van der Waals surface area contributed by atoms with E-state index in [2.05, 4.69) is 74.7 Å². The Morgan fingerprint density at radius 3 is 1.11 bits per heavy atom. The molecule has 0 aromatic rings. The molecule has 10 heteroatoms. The highest BCUT2D eigenvalue weighted by atomic mass is 31.2. The number of ether oxygens (including phenoxy) is 1. The fourth-order valence-electron chi connectivity index (χ4n) is 10.8. The number of quaternary nitrogens is 1. The maximum atomic E-state index is 13.6. The van der Waals surface area contributed by atoms with E-state index in [1.807, 2.05) is 33.3 Å². The van der Waals surface area contributed by atoms with Gasteiger partial charge in [0.05, 0.1) is 33.8 Å². The summed E-state index contributed by atoms with van der Waals surface area (Å²) in [5.41, 5.74) is 0. The van der Waals surface area contributed by atoms with Gasteiger partial charge in [0.2, 0.25) is 5.91 Å². The largest absolute Gasteiger partial charge is 0.472 e. The average Bonchev–Trinajstić information content (AvgIpc) is 3.63. The first-order valence-corrected chi connectivity index (χ1v) is 38.1. The lowest BCUT2D eigenvalue weighted by Crippen LogP contribution is -2.47. The second-order valence-corrected chi connectivity index (χ2v) is 27.6. The quantitative estimate of drug-likeness (QED) is 0.0205. The van der Waals surface area contributed by atoms with E-state index in [1.54, 1.807) is 0 Å². The Morgan fingerprint density at radius 1 is 0.412 bits per heavy atom. The molecule has 0 saturated heterocycles. The monoisotopic (exact) mass is 1210 g/mol. The van der Waals surface area contributed by atoms with Gasteiger partial charge in [-0.15, -0.1) is 0 Å². The molecular formula is C75H142N2O7P+. The second kappa shape index (κ2) is 64.7. The van der Waals surface area contributed by atoms with Gasteiger partial charge in [0.15, 0.2) is 0 Å². The van der Waals surface area contributed by atoms with Crippen LogP contribution in [0.2, 0.25) is 0 Å². The lowest BCUT2D eigenvalue weighted by molar-refractivity contribution is -0.870. The molecule has 9 nitrogen and oxygen atoms in total. The molecule has 85 heavy (non-hydrogen) atoms. The van der Waals surface area contributed by atoms with E-state index in [1.165, 1.54) is 238 Å². The fourth-order valence-corrected chi connectivity index (χ4v) is 11.5. The van der Waals surface area contributed by atoms with E-state index >= 15 is 0 Å². The number of amides is 1. The standard InChI is InChI=1S/C75H141N2O7P/c1-7-10-13-16-19-22-25-27-29-31-33-35-36-37-38-39-40-42-43-45-47-49-52-55-58-61-64-67-74(78)76-72(71-83-85(80,81)82-70-69-77(4,5)6)73(66-63-60-57-54-51-24-21-18-15-12-9-3)84-75(79)68-65-62-59-56-53-50-48-46-44-41-34-32-30-28-26-23-20-17-14-11-8-2/h20,23,27-30,34,41,63,66,72-73H,7-19,21-22,24-26,31-33,35-40,42-62,64-65,67-71H2,1-6H3,(H-,76,78,80,81)/p+1/b23-20-,29-27+,30-28-,41-34-,66-63-. The van der Waals surface area contributed by atoms with Crippen molar-refractivity contribution in [2.45, 2.75) is 367 Å². The number of carbonyl (C=O) groups excluding carboxylic acids is 2. The number of esters is 1. The van der Waals surface area contributed by atoms with Crippen LogP contribution in [-0.4, -0.2) is 74.3 Å². The zero-order chi connectivity index (χ0) is 62.1. The van der Waals surface area contributed by atoms with Crippen molar-refractivity contribution in [1.29, 1.82) is 0 Å². The molecule has 0 fully saturated rings. The lowest BCUT2D eigenvalue weighted by Gasteiger charge is -2.27. The zero-order valence-corrected chi connectivity index (χ0v) is 58.0. The molecular weight excluding hydrogens is 1070 g/mol. The molecule has 0 bridgehead atoms. The molecule has 0 radical (unpaired) electrons. The van der Waals surface area contributed by atoms with E-state index in [0.29, 0.717) is 17.4 Å². The molecule has 498 valence electrons. The Labute approximate surface area is 528 Å². The summed E-state index contributed by atoms with van der Waals surface area (Å²) in [4.78, 5) is 37.9. The molecule has 0 aromatic heterocycles. The van der Waals surface area contributed by atoms with E-state index in [9.17, 15) is 19.0 Å². The van der Waals surface area contributed by atoms with E-state index < -0.39 is 20.0 Å². The molecule has 0 aliphatic rings. The van der Waals surface area contributed by atoms with Gasteiger partial charge in [0.1, 0.15) is 19.3 Å². The summed E-state index contributed by atoms with van der Waals surface area (Å²) in [6, 6.07) is -0.852. The third kappa shape index (κ3) is 66.0. The molecule has 3 unspecified atom stereocenters. The predicted molar refractivity (Wildman–Crippen MR) is 369 cm³/mol. The first kappa shape index (κ1) is 82.7. The van der Waals surface area contributed by atoms with Gasteiger partial charge in [-0.25, -0.2) is 4.57 Å². The number of allylic oxidation sites excluding steroid dienone is 9. The molecule has 0 saturated carbocycles. The Hall–Kier alpha value is -2.29. The summed E-state index contributed by atoms with van der Waals surface area (Å²) < 4.78 is 30.8. The van der Waals surface area contributed by atoms with Crippen LogP contribution >= 0.6 is 7.82 Å². The van der Waals surface area contributed by atoms with Crippen molar-refractivity contribution in [2.75, 3.05) is 40.9 Å². The minimum atomic E-state index is -4.46. The smallest absolute Gasteiger partial charge is 0.456 e. The van der Waals surface area contributed by atoms with Crippen LogP contribution in [-0.2, 0) is 27.9 Å². The van der Waals surface area contributed by atoms with E-state index in [4.69, 9.17) is 13.8 Å². The summed E-state index contributed by atoms with van der Waals surface area (Å²) in [5, 5.41) is 3.07. The minimum Gasteiger partial charge on any atom is -0.456 e. The summed E-state index contributed by atoms with van der Waals surface area (Å²) >= 11 is 0. The molecule has 0 rings (SSSR count). The number of unbranched alkanes of at least 4 members (excludes halogenated alkanes) is 43. The highest BCUT2D eigenvalue weighted by molar-refractivity contribution is 7.47. The third-order valence-corrected chi connectivity index (χ3v) is 17.4. The van der Waals surface area contributed by atoms with Gasteiger partial charge in [-0.3, -0.25) is 18.6 Å². The van der Waals surface area contributed by atoms with Crippen molar-refractivity contribution >= 4 is 19.7 Å². The fraction of sp³-hybridized carbons (Fsp3) is 0.840. The van der Waals surface area contributed by atoms with Crippen LogP contribution in [0.5, 0.6) is 0 Å². The average molecular weight is 1210 g/mol. The number of hydrogen-bond acceptors (Lipinski definition) is 6. The van der Waals surface area contributed by atoms with Crippen LogP contribution in [0.15, 0.2) is 60.8 Å². The van der Waals surface area contributed by atoms with Crippen molar-refractivity contribution in [2.24, 2.45) is 0 Å². The molecule has 0 aliphatic carbocycles. The first-order chi connectivity index (χ1) is 41.4. The molecule has 0 aromatic carbocycles. The number of carbonyl (C=O) groups is 2. The third-order valence-electron chi connectivity index (χ3n) is 16.4. The maximum absolute atomic E-state index is 13.6. The van der Waals surface area contributed by atoms with Gasteiger partial charge in [0, 0.05) is 12.8 Å². The second-order valence-electron chi connectivity index (χ2n) is 26.1. The summed E-state index contributed by atoms with van der Waals surface area (Å²) in [7, 11) is 1.50. The van der Waals surface area contributed by atoms with Gasteiger partial charge < -0.3 is 19.4 Å². The van der Waals surface area contributed by atoms with Gasteiger partial charge in [-0.2, -0.15) is 0 Å². The number of rotatable bonds is 67. The number of nitrogens with one attached hydrogen (secondary N) is 1. The summed E-state index contributed by atoms with van der Waals surface area (Å²) in [6.07, 6.45) is 83.8. The van der Waals surface area contributed by atoms with Crippen LogP contribution < -0.4 is 5.32 Å². The Kier molecular flexibility index (Phi) is 62.9. The maximum Gasteiger partial charge on any atom is 0.472 e. The normalized spacial score (nSPS) is 13.8. The zero-order valence-electron chi connectivity index (χ0n) is 57.1. The van der Waals surface area contributed by atoms with Crippen LogP contribution in [0.3, 0.4) is 0 Å². The topological polar surface area (TPSA) is 111 Å². The number of phosphoric ester groups is 1. The minimum absolute atomic E-state index is 0.0393. The van der Waals surface area contributed by atoms with E-state index in [0.717, 1.165) is 83.5 Å². The van der Waals surface area contributed by atoms with Gasteiger partial charge in [-0.05, 0) is 96.0 Å². The van der Waals surface area contributed by atoms with Gasteiger partial charge in [-0.1, -0.05) is 307 Å². The highest BCUT2D eigenvalue weighted by Crippen LogP contribution is 2.43. The summed E-state index contributed by atoms with van der Waals surface area (Å²) in [6.45, 7) is 7.02. The number of likely N-dealkylation sites (N-methyl/N-ethyl adjacent to an activating group) is 1. The first-order valence-electron chi connectivity index (χ1n) is 36.6. The van der Waals surface area contributed by atoms with Crippen molar-refractivity contribution in [3.05, 3.63) is 60.8 Å². The summed E-state index contributed by atoms with van der Waals surface area (Å²) in [5.74, 6) is -0.500. The Balaban J connectivity index is 4.96. The molecule has 0 spiro atoms. The molecule has 0 heterocycles. The van der Waals surface area contributed by atoms with Gasteiger partial charge in [0.25, 0.3) is 0 Å². The van der Waals surface area contributed by atoms with E-state index in [-0.39, 0.29) is 31.5 Å². The lowest BCUT2D eigenvalue weighted by atomic mass is 10.0. The Bertz CT molecular complexity index is 1640. The highest BCUT2D eigenvalue weighted by Gasteiger charge is 2.30. The molecule has 1 amide bonds. The Morgan fingerprint density at radius 2 is 0.718 bits per heavy atom. The van der Waals surface area contributed by atoms with Crippen LogP contribution in [0.4, 0.5) is 0 Å². The molecule has 2 N–H and O–H groups in total. The number of phosphoric acid groups is 1. The van der Waals surface area contributed by atoms with Crippen LogP contribution in [0, 0.1) is 0 Å². The van der Waals surface area contributed by atoms with Crippen LogP contribution in [0.25, 0.3) is 0 Å². The number of hydrogen-bond donors (Lipinski definition) is 2. The number of nitrogens with zero attached hydrogens (tertiary/aromatic N) is 1. The van der Waals surface area contributed by atoms with Crippen molar-refractivity contribution in [3.63, 3.8) is 0 Å². The van der Waals surface area contributed by atoms with Crippen LogP contribution in [0.1, 0.15) is 355 Å². The molecule has 3 atom stereocenters. The predicted octanol–water partition coefficient (Wildman–Crippen LogP) is 23.3. The SMILES string of the molecule is CCCCC/C=C\C/C=C\C/C=C\CCCCCCCCCCC(=O)OC(/C=C\CCCCCCCCCCC)C(COP(=O)(O)OCC[N+](C)(C)C)NC(=O)CCCCCCCCCCCCCCCCCCC/C=C/CCCCCCCC. The van der Waals surface area contributed by atoms with Crippen molar-refractivity contribution < 1.29 is 37.3 Å². The van der Waals surface area contributed by atoms with Crippen molar-refractivity contribution in [3.8, 4) is 0 Å². The van der Waals surface area contributed by atoms with Crippen molar-refractivity contribution in [1.82, 2.24) is 5.32 Å².